The summed E-state index contributed by atoms with van der Waals surface area (Å²) in [6, 6.07) is 8.66. The van der Waals surface area contributed by atoms with Gasteiger partial charge >= 0.3 is 0 Å². The molecule has 2 heterocycles. The summed E-state index contributed by atoms with van der Waals surface area (Å²) < 4.78 is 0. The lowest BCUT2D eigenvalue weighted by molar-refractivity contribution is 0.0984. The van der Waals surface area contributed by atoms with Gasteiger partial charge in [-0.3, -0.25) is 9.69 Å². The van der Waals surface area contributed by atoms with Gasteiger partial charge < -0.3 is 4.98 Å². The summed E-state index contributed by atoms with van der Waals surface area (Å²) in [7, 11) is 0. The molecule has 5 heteroatoms. The van der Waals surface area contributed by atoms with Crippen molar-refractivity contribution in [2.45, 2.75) is 71.8 Å². The van der Waals surface area contributed by atoms with E-state index >= 15 is 0 Å². The highest BCUT2D eigenvalue weighted by Crippen LogP contribution is 2.40. The molecular weight excluding hydrogens is 396 g/mol. The number of aromatic amines is 1. The normalized spacial score (nSPS) is 18.9. The van der Waals surface area contributed by atoms with E-state index in [0.717, 1.165) is 37.9 Å². The van der Waals surface area contributed by atoms with Crippen molar-refractivity contribution in [3.63, 3.8) is 0 Å². The van der Waals surface area contributed by atoms with E-state index in [4.69, 9.17) is 5.26 Å². The predicted octanol–water partition coefficient (Wildman–Crippen LogP) is 5.63. The number of hydrogen-bond donors (Lipinski definition) is 1. The fraction of sp³-hybridized carbons (Fsp3) is 0.519. The number of imidazole rings is 1. The lowest BCUT2D eigenvalue weighted by atomic mass is 9.75. The summed E-state index contributed by atoms with van der Waals surface area (Å²) in [5.74, 6) is 0.170. The van der Waals surface area contributed by atoms with E-state index in [9.17, 15) is 4.79 Å². The Balaban J connectivity index is 1.69. The zero-order valence-electron chi connectivity index (χ0n) is 19.8. The SMILES string of the molecule is CC1(C)CC=C(c2cc(C(C)(C)N3CCCC3)ccc2CC(=O)c2ncc(C#N)[nH]2)CC1. The molecule has 1 N–H and O–H groups in total. The molecule has 4 rings (SSSR count). The first-order valence-corrected chi connectivity index (χ1v) is 11.8. The van der Waals surface area contributed by atoms with Crippen LogP contribution in [0.4, 0.5) is 0 Å². The van der Waals surface area contributed by atoms with Crippen LogP contribution in [0, 0.1) is 16.7 Å². The third-order valence-electron chi connectivity index (χ3n) is 7.34. The van der Waals surface area contributed by atoms with Gasteiger partial charge in [-0.1, -0.05) is 32.1 Å². The lowest BCUT2D eigenvalue weighted by Gasteiger charge is -2.37. The van der Waals surface area contributed by atoms with E-state index in [1.165, 1.54) is 35.7 Å². The minimum atomic E-state index is -0.0870. The van der Waals surface area contributed by atoms with Gasteiger partial charge in [-0.05, 0) is 92.8 Å². The Bertz CT molecular complexity index is 1080. The van der Waals surface area contributed by atoms with Gasteiger partial charge in [0, 0.05) is 12.0 Å². The fourth-order valence-electron chi connectivity index (χ4n) is 4.97. The van der Waals surface area contributed by atoms with Crippen LogP contribution >= 0.6 is 0 Å². The van der Waals surface area contributed by atoms with Crippen LogP contribution < -0.4 is 0 Å². The summed E-state index contributed by atoms with van der Waals surface area (Å²) in [6.07, 6.45) is 9.82. The highest BCUT2D eigenvalue weighted by molar-refractivity contribution is 5.95. The van der Waals surface area contributed by atoms with Crippen molar-refractivity contribution in [2.24, 2.45) is 5.41 Å². The van der Waals surface area contributed by atoms with Crippen LogP contribution in [0.5, 0.6) is 0 Å². The van der Waals surface area contributed by atoms with Gasteiger partial charge in [-0.2, -0.15) is 5.26 Å². The number of hydrogen-bond acceptors (Lipinski definition) is 4. The molecular formula is C27H34N4O. The number of carbonyl (C=O) groups excluding carboxylic acids is 1. The minimum Gasteiger partial charge on any atom is -0.327 e. The molecule has 0 amide bonds. The molecule has 1 fully saturated rings. The molecule has 0 spiro atoms. The van der Waals surface area contributed by atoms with E-state index in [0.29, 0.717) is 11.1 Å². The Kier molecular flexibility index (Phi) is 6.09. The molecule has 32 heavy (non-hydrogen) atoms. The highest BCUT2D eigenvalue weighted by atomic mass is 16.1. The number of likely N-dealkylation sites (tertiary alicyclic amines) is 1. The van der Waals surface area contributed by atoms with Crippen molar-refractivity contribution in [3.05, 3.63) is 58.7 Å². The number of carbonyl (C=O) groups is 1. The number of Topliss-reactive ketones (excluding diaryl/α,β-unsaturated/α-hetero) is 1. The molecule has 0 saturated carbocycles. The number of nitrogens with one attached hydrogen (secondary N) is 1. The van der Waals surface area contributed by atoms with Gasteiger partial charge in [-0.15, -0.1) is 0 Å². The molecule has 5 nitrogen and oxygen atoms in total. The first-order valence-electron chi connectivity index (χ1n) is 11.8. The van der Waals surface area contributed by atoms with Gasteiger partial charge in [0.2, 0.25) is 5.78 Å². The summed E-state index contributed by atoms with van der Waals surface area (Å²) >= 11 is 0. The second kappa shape index (κ2) is 8.67. The molecule has 0 unspecified atom stereocenters. The largest absolute Gasteiger partial charge is 0.327 e. The Morgan fingerprint density at radius 3 is 2.66 bits per heavy atom. The molecule has 1 aromatic carbocycles. The van der Waals surface area contributed by atoms with E-state index in [-0.39, 0.29) is 23.6 Å². The van der Waals surface area contributed by atoms with Crippen LogP contribution in [0.25, 0.3) is 5.57 Å². The fourth-order valence-corrected chi connectivity index (χ4v) is 4.97. The van der Waals surface area contributed by atoms with Gasteiger partial charge in [0.1, 0.15) is 11.8 Å². The number of H-pyrrole nitrogens is 1. The summed E-state index contributed by atoms with van der Waals surface area (Å²) in [5.41, 5.74) is 5.50. The zero-order chi connectivity index (χ0) is 22.9. The Labute approximate surface area is 191 Å². The number of rotatable bonds is 6. The van der Waals surface area contributed by atoms with Gasteiger partial charge in [0.25, 0.3) is 0 Å². The van der Waals surface area contributed by atoms with Crippen molar-refractivity contribution < 1.29 is 4.79 Å². The maximum atomic E-state index is 12.9. The first-order chi connectivity index (χ1) is 15.2. The van der Waals surface area contributed by atoms with Gasteiger partial charge in [0.05, 0.1) is 6.20 Å². The molecule has 1 aliphatic heterocycles. The standard InChI is InChI=1S/C27H34N4O/c1-26(2)11-9-19(10-12-26)23-16-21(27(3,4)31-13-5-6-14-31)8-7-20(23)15-24(32)25-29-18-22(17-28)30-25/h7-9,16,18H,5-6,10-15H2,1-4H3,(H,29,30). The van der Waals surface area contributed by atoms with Crippen LogP contribution in [0.1, 0.15) is 92.8 Å². The average Bonchev–Trinajstić information content (AvgIpc) is 3.46. The van der Waals surface area contributed by atoms with Crippen molar-refractivity contribution in [2.75, 3.05) is 13.1 Å². The second-order valence-corrected chi connectivity index (χ2v) is 10.6. The number of nitrogens with zero attached hydrogens (tertiary/aromatic N) is 3. The molecule has 2 aromatic rings. The number of benzene rings is 1. The van der Waals surface area contributed by atoms with Crippen LogP contribution in [-0.2, 0) is 12.0 Å². The van der Waals surface area contributed by atoms with Crippen molar-refractivity contribution in [1.29, 1.82) is 5.26 Å². The quantitative estimate of drug-likeness (QED) is 0.603. The number of aromatic nitrogens is 2. The molecule has 1 aromatic heterocycles. The molecule has 168 valence electrons. The topological polar surface area (TPSA) is 72.8 Å². The smallest absolute Gasteiger partial charge is 0.202 e. The first kappa shape index (κ1) is 22.5. The van der Waals surface area contributed by atoms with E-state index in [1.807, 2.05) is 6.07 Å². The van der Waals surface area contributed by atoms with E-state index < -0.39 is 0 Å². The predicted molar refractivity (Wildman–Crippen MR) is 127 cm³/mol. The molecule has 0 atom stereocenters. The van der Waals surface area contributed by atoms with Crippen molar-refractivity contribution in [1.82, 2.24) is 14.9 Å². The maximum absolute atomic E-state index is 12.9. The average molecular weight is 431 g/mol. The zero-order valence-corrected chi connectivity index (χ0v) is 19.8. The second-order valence-electron chi connectivity index (χ2n) is 10.6. The molecule has 0 bridgehead atoms. The van der Waals surface area contributed by atoms with E-state index in [2.05, 4.69) is 66.8 Å². The Hall–Kier alpha value is -2.71. The van der Waals surface area contributed by atoms with Crippen LogP contribution in [0.2, 0.25) is 0 Å². The van der Waals surface area contributed by atoms with Crippen molar-refractivity contribution >= 4 is 11.4 Å². The van der Waals surface area contributed by atoms with Crippen molar-refractivity contribution in [3.8, 4) is 6.07 Å². The Morgan fingerprint density at radius 1 is 1.28 bits per heavy atom. The van der Waals surface area contributed by atoms with Crippen LogP contribution in [0.15, 0.2) is 30.5 Å². The molecule has 2 aliphatic rings. The third-order valence-corrected chi connectivity index (χ3v) is 7.34. The summed E-state index contributed by atoms with van der Waals surface area (Å²) in [5, 5.41) is 9.03. The van der Waals surface area contributed by atoms with E-state index in [1.54, 1.807) is 0 Å². The van der Waals surface area contributed by atoms with Crippen LogP contribution in [0.3, 0.4) is 0 Å². The number of nitriles is 1. The Morgan fingerprint density at radius 2 is 2.03 bits per heavy atom. The third kappa shape index (κ3) is 4.56. The summed E-state index contributed by atoms with van der Waals surface area (Å²) in [6.45, 7) is 11.5. The van der Waals surface area contributed by atoms with Crippen LogP contribution in [-0.4, -0.2) is 33.7 Å². The monoisotopic (exact) mass is 430 g/mol. The summed E-state index contributed by atoms with van der Waals surface area (Å²) in [4.78, 5) is 22.4. The van der Waals surface area contributed by atoms with Gasteiger partial charge in [0.15, 0.2) is 5.82 Å². The minimum absolute atomic E-state index is 0.0367. The molecule has 1 aliphatic carbocycles. The number of ketones is 1. The van der Waals surface area contributed by atoms with Gasteiger partial charge in [-0.25, -0.2) is 4.98 Å². The number of allylic oxidation sites excluding steroid dienone is 2. The molecule has 1 saturated heterocycles. The highest BCUT2D eigenvalue weighted by Gasteiger charge is 2.32. The molecule has 0 radical (unpaired) electrons. The lowest BCUT2D eigenvalue weighted by Crippen LogP contribution is -2.39. The maximum Gasteiger partial charge on any atom is 0.202 e.